The monoisotopic (exact) mass is 431 g/mol. The number of hydrogen-bond acceptors (Lipinski definition) is 6. The Labute approximate surface area is 181 Å². The van der Waals surface area contributed by atoms with Gasteiger partial charge in [-0.15, -0.1) is 0 Å². The second-order valence-corrected chi connectivity index (χ2v) is 7.46. The number of esters is 1. The molecule has 5 rings (SSSR count). The minimum atomic E-state index is -0.665. The Morgan fingerprint density at radius 1 is 1.16 bits per heavy atom. The highest BCUT2D eigenvalue weighted by Gasteiger charge is 2.30. The summed E-state index contributed by atoms with van der Waals surface area (Å²) in [6.45, 7) is 1.76. The first-order valence-corrected chi connectivity index (χ1v) is 9.76. The molecule has 152 valence electrons. The zero-order valence-corrected chi connectivity index (χ0v) is 17.0. The largest absolute Gasteiger partial charge is 0.452 e. The van der Waals surface area contributed by atoms with Gasteiger partial charge < -0.3 is 13.9 Å². The van der Waals surface area contributed by atoms with Gasteiger partial charge >= 0.3 is 5.97 Å². The summed E-state index contributed by atoms with van der Waals surface area (Å²) in [6, 6.07) is 13.4. The van der Waals surface area contributed by atoms with Crippen molar-refractivity contribution < 1.29 is 23.5 Å². The fourth-order valence-corrected chi connectivity index (χ4v) is 3.60. The van der Waals surface area contributed by atoms with Crippen molar-refractivity contribution in [3.05, 3.63) is 94.2 Å². The summed E-state index contributed by atoms with van der Waals surface area (Å²) < 4.78 is 16.8. The maximum atomic E-state index is 12.8. The molecule has 2 aromatic heterocycles. The van der Waals surface area contributed by atoms with Gasteiger partial charge in [-0.2, -0.15) is 0 Å². The number of fused-ring (bicyclic) bond motifs is 2. The zero-order valence-electron chi connectivity index (χ0n) is 16.2. The Bertz CT molecular complexity index is 1390. The van der Waals surface area contributed by atoms with E-state index in [0.29, 0.717) is 32.9 Å². The number of aryl methyl sites for hydroxylation is 1. The first-order chi connectivity index (χ1) is 15.0. The molecule has 1 aliphatic heterocycles. The number of nitrogens with zero attached hydrogens (tertiary/aromatic N) is 1. The van der Waals surface area contributed by atoms with E-state index in [1.54, 1.807) is 61.8 Å². The van der Waals surface area contributed by atoms with E-state index in [1.807, 2.05) is 6.07 Å². The van der Waals surface area contributed by atoms with Crippen molar-refractivity contribution in [2.75, 3.05) is 0 Å². The average Bonchev–Trinajstić information content (AvgIpc) is 3.30. The van der Waals surface area contributed by atoms with Crippen molar-refractivity contribution in [1.82, 2.24) is 4.98 Å². The van der Waals surface area contributed by atoms with Crippen molar-refractivity contribution in [3.63, 3.8) is 0 Å². The Morgan fingerprint density at radius 2 is 2.03 bits per heavy atom. The zero-order chi connectivity index (χ0) is 21.5. The standard InChI is InChI=1S/C24H14ClNO5/c1-13-7-17(29-24(28)21-10-15-9-16(25)4-5-18(15)30-21)11-19-22(13)23(27)20(31-19)8-14-3-2-6-26-12-14/h2-12H,1H3/b20-8-. The molecular weight excluding hydrogens is 418 g/mol. The predicted molar refractivity (Wildman–Crippen MR) is 115 cm³/mol. The molecule has 1 aliphatic rings. The quantitative estimate of drug-likeness (QED) is 0.238. The first kappa shape index (κ1) is 19.1. The minimum Gasteiger partial charge on any atom is -0.452 e. The lowest BCUT2D eigenvalue weighted by molar-refractivity contribution is 0.0703. The minimum absolute atomic E-state index is 0.0459. The molecule has 0 saturated carbocycles. The van der Waals surface area contributed by atoms with E-state index in [4.69, 9.17) is 25.5 Å². The number of ether oxygens (including phenoxy) is 2. The smallest absolute Gasteiger partial charge is 0.379 e. The Balaban J connectivity index is 1.42. The predicted octanol–water partition coefficient (Wildman–Crippen LogP) is 5.63. The number of aromatic nitrogens is 1. The SMILES string of the molecule is Cc1cc(OC(=O)c2cc3cc(Cl)ccc3o2)cc2c1C(=O)/C(=C/c1cccnc1)O2. The lowest BCUT2D eigenvalue weighted by atomic mass is 10.0. The molecule has 4 aromatic rings. The number of Topliss-reactive ketones (excluding diaryl/α,β-unsaturated/α-hetero) is 1. The molecule has 0 amide bonds. The van der Waals surface area contributed by atoms with Gasteiger partial charge in [0.1, 0.15) is 17.1 Å². The second-order valence-electron chi connectivity index (χ2n) is 7.02. The van der Waals surface area contributed by atoms with Crippen molar-refractivity contribution in [3.8, 4) is 11.5 Å². The number of rotatable bonds is 3. The Hall–Kier alpha value is -3.90. The number of benzene rings is 2. The van der Waals surface area contributed by atoms with E-state index in [1.165, 1.54) is 6.07 Å². The topological polar surface area (TPSA) is 78.6 Å². The molecule has 0 atom stereocenters. The third-order valence-corrected chi connectivity index (χ3v) is 5.05. The molecule has 0 unspecified atom stereocenters. The fourth-order valence-electron chi connectivity index (χ4n) is 3.42. The lowest BCUT2D eigenvalue weighted by Gasteiger charge is -2.06. The number of hydrogen-bond donors (Lipinski definition) is 0. The Kier molecular flexibility index (Phi) is 4.56. The van der Waals surface area contributed by atoms with Gasteiger partial charge in [0.25, 0.3) is 0 Å². The summed E-state index contributed by atoms with van der Waals surface area (Å²) in [5, 5.41) is 1.24. The van der Waals surface area contributed by atoms with E-state index in [9.17, 15) is 9.59 Å². The molecule has 3 heterocycles. The second kappa shape index (κ2) is 7.41. The average molecular weight is 432 g/mol. The van der Waals surface area contributed by atoms with Crippen molar-refractivity contribution in [1.29, 1.82) is 0 Å². The van der Waals surface area contributed by atoms with Crippen LogP contribution in [-0.4, -0.2) is 16.7 Å². The lowest BCUT2D eigenvalue weighted by Crippen LogP contribution is -2.07. The maximum Gasteiger partial charge on any atom is 0.379 e. The molecule has 0 spiro atoms. The van der Waals surface area contributed by atoms with Gasteiger partial charge in [-0.05, 0) is 60.5 Å². The van der Waals surface area contributed by atoms with Crippen LogP contribution in [0, 0.1) is 6.92 Å². The van der Waals surface area contributed by atoms with Gasteiger partial charge in [0.05, 0.1) is 5.56 Å². The number of pyridine rings is 1. The molecule has 6 nitrogen and oxygen atoms in total. The highest BCUT2D eigenvalue weighted by Crippen LogP contribution is 2.37. The number of carbonyl (C=O) groups is 2. The number of allylic oxidation sites excluding steroid dienone is 1. The van der Waals surface area contributed by atoms with E-state index in [-0.39, 0.29) is 23.1 Å². The first-order valence-electron chi connectivity index (χ1n) is 9.38. The van der Waals surface area contributed by atoms with Crippen LogP contribution < -0.4 is 9.47 Å². The van der Waals surface area contributed by atoms with Crippen molar-refractivity contribution in [2.24, 2.45) is 0 Å². The molecule has 0 bridgehead atoms. The van der Waals surface area contributed by atoms with Crippen LogP contribution in [0.15, 0.2) is 71.1 Å². The summed E-state index contributed by atoms with van der Waals surface area (Å²) in [7, 11) is 0. The van der Waals surface area contributed by atoms with Crippen molar-refractivity contribution >= 4 is 40.4 Å². The van der Waals surface area contributed by atoms with Gasteiger partial charge in [0.2, 0.25) is 11.5 Å². The van der Waals surface area contributed by atoms with Gasteiger partial charge in [-0.25, -0.2) is 4.79 Å². The maximum absolute atomic E-state index is 12.8. The normalized spacial score (nSPS) is 14.0. The number of furan rings is 1. The molecule has 0 aliphatic carbocycles. The summed E-state index contributed by atoms with van der Waals surface area (Å²) in [5.41, 5.74) is 2.35. The van der Waals surface area contributed by atoms with Crippen LogP contribution in [0.25, 0.3) is 17.0 Å². The molecule has 0 saturated heterocycles. The van der Waals surface area contributed by atoms with Crippen LogP contribution in [-0.2, 0) is 0 Å². The van der Waals surface area contributed by atoms with E-state index in [0.717, 1.165) is 5.56 Å². The molecule has 7 heteroatoms. The molecule has 31 heavy (non-hydrogen) atoms. The molecule has 0 fully saturated rings. The third kappa shape index (κ3) is 3.58. The highest BCUT2D eigenvalue weighted by molar-refractivity contribution is 6.31. The number of carbonyl (C=O) groups excluding carboxylic acids is 2. The van der Waals surface area contributed by atoms with Gasteiger partial charge in [0, 0.05) is 28.9 Å². The van der Waals surface area contributed by atoms with Crippen molar-refractivity contribution in [2.45, 2.75) is 6.92 Å². The number of halogens is 1. The van der Waals surface area contributed by atoms with E-state index < -0.39 is 5.97 Å². The van der Waals surface area contributed by atoms with Crippen LogP contribution in [0.1, 0.15) is 32.0 Å². The molecule has 0 N–H and O–H groups in total. The van der Waals surface area contributed by atoms with Gasteiger partial charge in [-0.3, -0.25) is 9.78 Å². The van der Waals surface area contributed by atoms with Crippen LogP contribution >= 0.6 is 11.6 Å². The van der Waals surface area contributed by atoms with Crippen LogP contribution in [0.5, 0.6) is 11.5 Å². The summed E-state index contributed by atoms with van der Waals surface area (Å²) in [5.74, 6) is -0.0895. The van der Waals surface area contributed by atoms with Gasteiger partial charge in [-0.1, -0.05) is 17.7 Å². The van der Waals surface area contributed by atoms with Crippen LogP contribution in [0.4, 0.5) is 0 Å². The van der Waals surface area contributed by atoms with Gasteiger partial charge in [0.15, 0.2) is 5.76 Å². The molecular formula is C24H14ClNO5. The van der Waals surface area contributed by atoms with Crippen LogP contribution in [0.3, 0.4) is 0 Å². The molecule has 2 aromatic carbocycles. The summed E-state index contributed by atoms with van der Waals surface area (Å²) >= 11 is 5.98. The third-order valence-electron chi connectivity index (χ3n) is 4.82. The Morgan fingerprint density at radius 3 is 2.84 bits per heavy atom. The summed E-state index contributed by atoms with van der Waals surface area (Å²) in [4.78, 5) is 29.4. The molecule has 0 radical (unpaired) electrons. The van der Waals surface area contributed by atoms with E-state index >= 15 is 0 Å². The highest BCUT2D eigenvalue weighted by atomic mass is 35.5. The summed E-state index contributed by atoms with van der Waals surface area (Å²) in [6.07, 6.45) is 4.91. The number of ketones is 1. The van der Waals surface area contributed by atoms with E-state index in [2.05, 4.69) is 4.98 Å². The van der Waals surface area contributed by atoms with Crippen LogP contribution in [0.2, 0.25) is 5.02 Å². The fraction of sp³-hybridized carbons (Fsp3) is 0.0417.